The lowest BCUT2D eigenvalue weighted by molar-refractivity contribution is 0.0451. The van der Waals surface area contributed by atoms with Crippen LogP contribution in [0.2, 0.25) is 5.02 Å². The predicted octanol–water partition coefficient (Wildman–Crippen LogP) is 4.42. The monoisotopic (exact) mass is 385 g/mol. The van der Waals surface area contributed by atoms with Gasteiger partial charge in [0.1, 0.15) is 19.0 Å². The number of hydrogen-bond donors (Lipinski definition) is 1. The lowest BCUT2D eigenvalue weighted by Gasteiger charge is -2.11. The van der Waals surface area contributed by atoms with Crippen LogP contribution in [0.1, 0.15) is 20.9 Å². The number of furan rings is 1. The Hall–Kier alpha value is -3.25. The molecule has 0 radical (unpaired) electrons. The van der Waals surface area contributed by atoms with Crippen molar-refractivity contribution in [2.45, 2.75) is 0 Å². The van der Waals surface area contributed by atoms with Gasteiger partial charge in [-0.25, -0.2) is 4.79 Å². The van der Waals surface area contributed by atoms with E-state index < -0.39 is 11.9 Å². The summed E-state index contributed by atoms with van der Waals surface area (Å²) in [6.45, 7) is 0.246. The second-order valence-corrected chi connectivity index (χ2v) is 5.85. The Morgan fingerprint density at radius 1 is 0.963 bits per heavy atom. The van der Waals surface area contributed by atoms with Gasteiger partial charge in [-0.1, -0.05) is 23.7 Å². The molecule has 1 amide bonds. The van der Waals surface area contributed by atoms with Gasteiger partial charge in [0.25, 0.3) is 5.91 Å². The lowest BCUT2D eigenvalue weighted by atomic mass is 10.1. The SMILES string of the molecule is O=C(Nc1ccccc1C(=O)OCCOc1ccc(Cl)cc1)c1ccco1. The first-order valence-electron chi connectivity index (χ1n) is 8.13. The molecule has 0 aliphatic carbocycles. The number of ether oxygens (including phenoxy) is 2. The van der Waals surface area contributed by atoms with Crippen molar-refractivity contribution >= 4 is 29.2 Å². The number of hydrogen-bond acceptors (Lipinski definition) is 5. The number of esters is 1. The van der Waals surface area contributed by atoms with Crippen molar-refractivity contribution < 1.29 is 23.5 Å². The highest BCUT2D eigenvalue weighted by molar-refractivity contribution is 6.30. The maximum Gasteiger partial charge on any atom is 0.340 e. The van der Waals surface area contributed by atoms with Crippen LogP contribution >= 0.6 is 11.6 Å². The van der Waals surface area contributed by atoms with E-state index in [2.05, 4.69) is 5.32 Å². The largest absolute Gasteiger partial charge is 0.490 e. The number of rotatable bonds is 7. The normalized spacial score (nSPS) is 10.3. The zero-order valence-corrected chi connectivity index (χ0v) is 14.9. The summed E-state index contributed by atoms with van der Waals surface area (Å²) in [5.74, 6) is -0.243. The third-order valence-corrected chi connectivity index (χ3v) is 3.79. The van der Waals surface area contributed by atoms with Gasteiger partial charge in [-0.3, -0.25) is 4.79 Å². The van der Waals surface area contributed by atoms with E-state index in [0.717, 1.165) is 0 Å². The van der Waals surface area contributed by atoms with Gasteiger partial charge < -0.3 is 19.2 Å². The topological polar surface area (TPSA) is 77.8 Å². The smallest absolute Gasteiger partial charge is 0.340 e. The zero-order chi connectivity index (χ0) is 19.1. The molecule has 1 aromatic heterocycles. The molecule has 0 saturated carbocycles. The van der Waals surface area contributed by atoms with Crippen LogP contribution in [-0.4, -0.2) is 25.1 Å². The van der Waals surface area contributed by atoms with Gasteiger partial charge in [-0.05, 0) is 48.5 Å². The van der Waals surface area contributed by atoms with Crippen LogP contribution in [0.15, 0.2) is 71.3 Å². The van der Waals surface area contributed by atoms with Gasteiger partial charge in [-0.15, -0.1) is 0 Å². The van der Waals surface area contributed by atoms with E-state index in [0.29, 0.717) is 16.5 Å². The van der Waals surface area contributed by atoms with E-state index in [1.54, 1.807) is 54.6 Å². The number of benzene rings is 2. The number of carbonyl (C=O) groups is 2. The quantitative estimate of drug-likeness (QED) is 0.481. The summed E-state index contributed by atoms with van der Waals surface area (Å²) in [6.07, 6.45) is 1.40. The minimum absolute atomic E-state index is 0.0575. The Morgan fingerprint density at radius 3 is 2.48 bits per heavy atom. The molecule has 2 aromatic carbocycles. The second kappa shape index (κ2) is 8.91. The summed E-state index contributed by atoms with van der Waals surface area (Å²) in [7, 11) is 0. The average molecular weight is 386 g/mol. The molecule has 0 aliphatic heterocycles. The molecule has 27 heavy (non-hydrogen) atoms. The van der Waals surface area contributed by atoms with Crippen molar-refractivity contribution in [2.75, 3.05) is 18.5 Å². The molecule has 0 atom stereocenters. The Kier molecular flexibility index (Phi) is 6.12. The highest BCUT2D eigenvalue weighted by Gasteiger charge is 2.16. The van der Waals surface area contributed by atoms with Gasteiger partial charge in [0.15, 0.2) is 5.76 Å². The van der Waals surface area contributed by atoms with Crippen molar-refractivity contribution in [3.05, 3.63) is 83.3 Å². The van der Waals surface area contributed by atoms with E-state index in [9.17, 15) is 9.59 Å². The maximum atomic E-state index is 12.3. The van der Waals surface area contributed by atoms with E-state index in [1.807, 2.05) is 0 Å². The number of halogens is 1. The Balaban J connectivity index is 1.55. The number of amides is 1. The molecule has 1 N–H and O–H groups in total. The fraction of sp³-hybridized carbons (Fsp3) is 0.100. The van der Waals surface area contributed by atoms with Crippen LogP contribution in [0.25, 0.3) is 0 Å². The zero-order valence-electron chi connectivity index (χ0n) is 14.2. The first-order valence-corrected chi connectivity index (χ1v) is 8.50. The Bertz CT molecular complexity index is 906. The molecular formula is C20H16ClNO5. The first-order chi connectivity index (χ1) is 13.1. The summed E-state index contributed by atoms with van der Waals surface area (Å²) in [6, 6.07) is 16.6. The van der Waals surface area contributed by atoms with Crippen molar-refractivity contribution in [2.24, 2.45) is 0 Å². The molecule has 3 aromatic rings. The molecule has 0 fully saturated rings. The summed E-state index contributed by atoms with van der Waals surface area (Å²) in [5.41, 5.74) is 0.575. The first kappa shape index (κ1) is 18.5. The summed E-state index contributed by atoms with van der Waals surface area (Å²) in [4.78, 5) is 24.4. The van der Waals surface area contributed by atoms with Gasteiger partial charge in [-0.2, -0.15) is 0 Å². The van der Waals surface area contributed by atoms with E-state index in [1.165, 1.54) is 12.3 Å². The van der Waals surface area contributed by atoms with E-state index in [4.69, 9.17) is 25.5 Å². The van der Waals surface area contributed by atoms with Gasteiger partial charge in [0, 0.05) is 5.02 Å². The molecule has 0 aliphatic rings. The number of para-hydroxylation sites is 1. The van der Waals surface area contributed by atoms with Crippen molar-refractivity contribution in [1.29, 1.82) is 0 Å². The number of nitrogens with one attached hydrogen (secondary N) is 1. The molecule has 138 valence electrons. The van der Waals surface area contributed by atoms with Crippen LogP contribution in [0.4, 0.5) is 5.69 Å². The third-order valence-electron chi connectivity index (χ3n) is 3.54. The molecular weight excluding hydrogens is 370 g/mol. The van der Waals surface area contributed by atoms with E-state index in [-0.39, 0.29) is 24.5 Å². The summed E-state index contributed by atoms with van der Waals surface area (Å²) in [5, 5.41) is 3.25. The molecule has 7 heteroatoms. The third kappa shape index (κ3) is 5.12. The molecule has 0 bridgehead atoms. The van der Waals surface area contributed by atoms with Gasteiger partial charge in [0.2, 0.25) is 0 Å². The Labute approximate surface area is 160 Å². The van der Waals surface area contributed by atoms with Crippen LogP contribution in [0, 0.1) is 0 Å². The van der Waals surface area contributed by atoms with E-state index >= 15 is 0 Å². The fourth-order valence-electron chi connectivity index (χ4n) is 2.26. The van der Waals surface area contributed by atoms with Crippen LogP contribution in [-0.2, 0) is 4.74 Å². The molecule has 1 heterocycles. The molecule has 6 nitrogen and oxygen atoms in total. The standard InChI is InChI=1S/C20H16ClNO5/c21-14-7-9-15(10-8-14)25-12-13-27-20(24)16-4-1-2-5-17(16)22-19(23)18-6-3-11-26-18/h1-11H,12-13H2,(H,22,23). The molecule has 0 saturated heterocycles. The van der Waals surface area contributed by atoms with Crippen molar-refractivity contribution in [3.63, 3.8) is 0 Å². The fourth-order valence-corrected chi connectivity index (χ4v) is 2.39. The van der Waals surface area contributed by atoms with Crippen LogP contribution in [0.3, 0.4) is 0 Å². The second-order valence-electron chi connectivity index (χ2n) is 5.42. The highest BCUT2D eigenvalue weighted by atomic mass is 35.5. The highest BCUT2D eigenvalue weighted by Crippen LogP contribution is 2.18. The minimum atomic E-state index is -0.565. The Morgan fingerprint density at radius 2 is 1.74 bits per heavy atom. The number of carbonyl (C=O) groups excluding carboxylic acids is 2. The van der Waals surface area contributed by atoms with Gasteiger partial charge >= 0.3 is 5.97 Å². The van der Waals surface area contributed by atoms with Crippen molar-refractivity contribution in [3.8, 4) is 5.75 Å². The minimum Gasteiger partial charge on any atom is -0.490 e. The average Bonchev–Trinajstić information content (AvgIpc) is 3.22. The predicted molar refractivity (Wildman–Crippen MR) is 100 cm³/mol. The van der Waals surface area contributed by atoms with Crippen LogP contribution < -0.4 is 10.1 Å². The molecule has 3 rings (SSSR count). The summed E-state index contributed by atoms with van der Waals surface area (Å²) >= 11 is 5.81. The van der Waals surface area contributed by atoms with Gasteiger partial charge in [0.05, 0.1) is 17.5 Å². The number of anilines is 1. The maximum absolute atomic E-state index is 12.3. The van der Waals surface area contributed by atoms with Crippen molar-refractivity contribution in [1.82, 2.24) is 0 Å². The molecule has 0 spiro atoms. The summed E-state index contributed by atoms with van der Waals surface area (Å²) < 4.78 is 15.7. The molecule has 0 unspecified atom stereocenters. The lowest BCUT2D eigenvalue weighted by Crippen LogP contribution is -2.17. The van der Waals surface area contributed by atoms with Crippen LogP contribution in [0.5, 0.6) is 5.75 Å².